The van der Waals surface area contributed by atoms with Crippen LogP contribution >= 0.6 is 0 Å². The number of nitrogens with one attached hydrogen (secondary N) is 1. The molecular formula is C10H13N3O4. The minimum atomic E-state index is -1.11. The van der Waals surface area contributed by atoms with Gasteiger partial charge in [-0.1, -0.05) is 0 Å². The second-order valence-electron chi connectivity index (χ2n) is 3.51. The van der Waals surface area contributed by atoms with Crippen LogP contribution in [0.1, 0.15) is 10.5 Å². The van der Waals surface area contributed by atoms with Gasteiger partial charge in [0.1, 0.15) is 0 Å². The van der Waals surface area contributed by atoms with Gasteiger partial charge in [0.15, 0.2) is 11.5 Å². The Balaban J connectivity index is 1.96. The molecule has 1 saturated heterocycles. The molecule has 1 fully saturated rings. The predicted molar refractivity (Wildman–Crippen MR) is 58.0 cm³/mol. The molecule has 0 aromatic carbocycles. The maximum atomic E-state index is 10.9. The van der Waals surface area contributed by atoms with Crippen molar-refractivity contribution < 1.29 is 19.4 Å². The van der Waals surface area contributed by atoms with Gasteiger partial charge in [0.05, 0.1) is 25.9 Å². The summed E-state index contributed by atoms with van der Waals surface area (Å²) in [4.78, 5) is 18.6. The zero-order valence-electron chi connectivity index (χ0n) is 9.13. The van der Waals surface area contributed by atoms with E-state index in [0.29, 0.717) is 26.4 Å². The Morgan fingerprint density at radius 1 is 1.47 bits per heavy atom. The molecule has 2 heterocycles. The first-order chi connectivity index (χ1) is 8.27. The monoisotopic (exact) mass is 239 g/mol. The molecule has 0 bridgehead atoms. The van der Waals surface area contributed by atoms with Gasteiger partial charge in [-0.05, 0) is 0 Å². The normalized spacial score (nSPS) is 19.9. The van der Waals surface area contributed by atoms with E-state index < -0.39 is 5.97 Å². The molecule has 0 radical (unpaired) electrons. The second-order valence-corrected chi connectivity index (χ2v) is 3.51. The molecule has 2 N–H and O–H groups in total. The highest BCUT2D eigenvalue weighted by Gasteiger charge is 2.17. The van der Waals surface area contributed by atoms with Crippen molar-refractivity contribution in [1.82, 2.24) is 9.97 Å². The molecular weight excluding hydrogens is 226 g/mol. The number of rotatable bonds is 4. The highest BCUT2D eigenvalue weighted by Crippen LogP contribution is 2.09. The fourth-order valence-electron chi connectivity index (χ4n) is 1.49. The lowest BCUT2D eigenvalue weighted by Crippen LogP contribution is -2.34. The van der Waals surface area contributed by atoms with Crippen LogP contribution in [0.2, 0.25) is 0 Å². The van der Waals surface area contributed by atoms with Gasteiger partial charge in [-0.2, -0.15) is 0 Å². The number of carboxylic acid groups (broad SMARTS) is 1. The molecule has 17 heavy (non-hydrogen) atoms. The second kappa shape index (κ2) is 5.55. The van der Waals surface area contributed by atoms with Crippen molar-refractivity contribution in [3.05, 3.63) is 18.1 Å². The molecule has 0 unspecified atom stereocenters. The first-order valence-corrected chi connectivity index (χ1v) is 5.25. The predicted octanol–water partition coefficient (Wildman–Crippen LogP) is 0.00210. The Hall–Kier alpha value is -1.73. The van der Waals surface area contributed by atoms with Crippen LogP contribution in [0.15, 0.2) is 12.4 Å². The third-order valence-electron chi connectivity index (χ3n) is 2.28. The van der Waals surface area contributed by atoms with E-state index in [2.05, 4.69) is 15.3 Å². The molecule has 2 rings (SSSR count). The van der Waals surface area contributed by atoms with Crippen LogP contribution in [0, 0.1) is 0 Å². The van der Waals surface area contributed by atoms with Gasteiger partial charge in [-0.25, -0.2) is 14.8 Å². The summed E-state index contributed by atoms with van der Waals surface area (Å²) in [5.74, 6) is -0.865. The Kier molecular flexibility index (Phi) is 3.84. The van der Waals surface area contributed by atoms with Crippen molar-refractivity contribution in [2.24, 2.45) is 0 Å². The van der Waals surface area contributed by atoms with Crippen molar-refractivity contribution in [3.63, 3.8) is 0 Å². The van der Waals surface area contributed by atoms with Gasteiger partial charge in [0.2, 0.25) is 0 Å². The zero-order chi connectivity index (χ0) is 12.1. The minimum absolute atomic E-state index is 0.0904. The number of aromatic nitrogens is 2. The summed E-state index contributed by atoms with van der Waals surface area (Å²) in [6, 6.07) is 0. The average Bonchev–Trinajstić information content (AvgIpc) is 2.38. The summed E-state index contributed by atoms with van der Waals surface area (Å²) in [7, 11) is 0. The Morgan fingerprint density at radius 3 is 3.00 bits per heavy atom. The van der Waals surface area contributed by atoms with Gasteiger partial charge >= 0.3 is 5.97 Å². The lowest BCUT2D eigenvalue weighted by molar-refractivity contribution is -0.0819. The van der Waals surface area contributed by atoms with Gasteiger partial charge in [0.25, 0.3) is 0 Å². The van der Waals surface area contributed by atoms with Crippen molar-refractivity contribution in [2.75, 3.05) is 31.7 Å². The summed E-state index contributed by atoms with van der Waals surface area (Å²) in [5.41, 5.74) is -0.0933. The Morgan fingerprint density at radius 2 is 2.29 bits per heavy atom. The molecule has 1 aromatic heterocycles. The minimum Gasteiger partial charge on any atom is -0.476 e. The highest BCUT2D eigenvalue weighted by molar-refractivity contribution is 5.90. The van der Waals surface area contributed by atoms with E-state index >= 15 is 0 Å². The van der Waals surface area contributed by atoms with E-state index in [9.17, 15) is 4.79 Å². The van der Waals surface area contributed by atoms with Crippen molar-refractivity contribution in [3.8, 4) is 0 Å². The summed E-state index contributed by atoms with van der Waals surface area (Å²) < 4.78 is 10.6. The molecule has 0 spiro atoms. The maximum absolute atomic E-state index is 10.9. The van der Waals surface area contributed by atoms with E-state index in [1.54, 1.807) is 0 Å². The molecule has 0 aliphatic carbocycles. The third-order valence-corrected chi connectivity index (χ3v) is 2.28. The standard InChI is InChI=1S/C10H13N3O4/c14-10(15)8-9(12-2-1-11-8)13-5-7-6-16-3-4-17-7/h1-2,7H,3-6H2,(H,12,13)(H,14,15)/t7-/m1/s1. The van der Waals surface area contributed by atoms with E-state index in [1.165, 1.54) is 12.4 Å². The van der Waals surface area contributed by atoms with Gasteiger partial charge < -0.3 is 19.9 Å². The van der Waals surface area contributed by atoms with E-state index in [4.69, 9.17) is 14.6 Å². The van der Waals surface area contributed by atoms with Gasteiger partial charge in [-0.15, -0.1) is 0 Å². The Bertz CT molecular complexity index is 393. The van der Waals surface area contributed by atoms with Gasteiger partial charge in [0, 0.05) is 18.9 Å². The molecule has 0 saturated carbocycles. The van der Waals surface area contributed by atoms with Crippen LogP contribution in [0.5, 0.6) is 0 Å². The molecule has 7 nitrogen and oxygen atoms in total. The average molecular weight is 239 g/mol. The number of aromatic carboxylic acids is 1. The number of nitrogens with zero attached hydrogens (tertiary/aromatic N) is 2. The lowest BCUT2D eigenvalue weighted by Gasteiger charge is -2.23. The van der Waals surface area contributed by atoms with E-state index in [-0.39, 0.29) is 17.6 Å². The highest BCUT2D eigenvalue weighted by atomic mass is 16.6. The topological polar surface area (TPSA) is 93.6 Å². The number of hydrogen-bond donors (Lipinski definition) is 2. The largest absolute Gasteiger partial charge is 0.476 e. The van der Waals surface area contributed by atoms with Crippen molar-refractivity contribution in [2.45, 2.75) is 6.10 Å². The first-order valence-electron chi connectivity index (χ1n) is 5.25. The summed E-state index contributed by atoms with van der Waals surface area (Å²) >= 11 is 0. The molecule has 0 amide bonds. The molecule has 1 aliphatic rings. The quantitative estimate of drug-likeness (QED) is 0.763. The number of anilines is 1. The van der Waals surface area contributed by atoms with Crippen LogP contribution in [-0.2, 0) is 9.47 Å². The third kappa shape index (κ3) is 3.11. The fraction of sp³-hybridized carbons (Fsp3) is 0.500. The van der Waals surface area contributed by atoms with Crippen LogP contribution in [-0.4, -0.2) is 53.5 Å². The lowest BCUT2D eigenvalue weighted by atomic mass is 10.3. The van der Waals surface area contributed by atoms with Crippen LogP contribution in [0.25, 0.3) is 0 Å². The SMILES string of the molecule is O=C(O)c1nccnc1NC[C@@H]1COCCO1. The molecule has 7 heteroatoms. The number of hydrogen-bond acceptors (Lipinski definition) is 6. The Labute approximate surface area is 97.8 Å². The van der Waals surface area contributed by atoms with Crippen LogP contribution < -0.4 is 5.32 Å². The fourth-order valence-corrected chi connectivity index (χ4v) is 1.49. The number of ether oxygens (including phenoxy) is 2. The first kappa shape index (κ1) is 11.7. The van der Waals surface area contributed by atoms with Crippen LogP contribution in [0.4, 0.5) is 5.82 Å². The summed E-state index contributed by atoms with van der Waals surface area (Å²) in [5, 5.41) is 11.8. The zero-order valence-corrected chi connectivity index (χ0v) is 9.13. The summed E-state index contributed by atoms with van der Waals surface area (Å²) in [6.07, 6.45) is 2.69. The van der Waals surface area contributed by atoms with E-state index in [1.807, 2.05) is 0 Å². The number of carbonyl (C=O) groups is 1. The van der Waals surface area contributed by atoms with Gasteiger partial charge in [-0.3, -0.25) is 0 Å². The van der Waals surface area contributed by atoms with Crippen LogP contribution in [0.3, 0.4) is 0 Å². The smallest absolute Gasteiger partial charge is 0.358 e. The molecule has 1 aromatic rings. The van der Waals surface area contributed by atoms with E-state index in [0.717, 1.165) is 0 Å². The number of carboxylic acids is 1. The van der Waals surface area contributed by atoms with Crippen molar-refractivity contribution in [1.29, 1.82) is 0 Å². The molecule has 1 atom stereocenters. The molecule has 1 aliphatic heterocycles. The molecule has 92 valence electrons. The maximum Gasteiger partial charge on any atom is 0.358 e. The van der Waals surface area contributed by atoms with Crippen molar-refractivity contribution >= 4 is 11.8 Å². The summed E-state index contributed by atoms with van der Waals surface area (Å²) in [6.45, 7) is 2.09.